The lowest BCUT2D eigenvalue weighted by atomic mass is 10.00. The number of carbonyl (C=O) groups excluding carboxylic acids is 1. The molecule has 0 aliphatic carbocycles. The van der Waals surface area contributed by atoms with E-state index in [1.54, 1.807) is 25.6 Å². The SMILES string of the molecule is COc1ccc(CC(=O)N2CCCCC2c2ncccn2)cc1. The third-order valence-corrected chi connectivity index (χ3v) is 4.22. The fraction of sp³-hybridized carbons (Fsp3) is 0.389. The number of methoxy groups -OCH3 is 1. The van der Waals surface area contributed by atoms with Crippen molar-refractivity contribution in [1.82, 2.24) is 14.9 Å². The number of aromatic nitrogens is 2. The van der Waals surface area contributed by atoms with E-state index in [1.165, 1.54) is 0 Å². The first-order chi connectivity index (χ1) is 11.3. The molecule has 2 heterocycles. The van der Waals surface area contributed by atoms with Crippen molar-refractivity contribution in [2.45, 2.75) is 31.7 Å². The summed E-state index contributed by atoms with van der Waals surface area (Å²) < 4.78 is 5.15. The lowest BCUT2D eigenvalue weighted by Crippen LogP contribution is -2.40. The van der Waals surface area contributed by atoms with Crippen molar-refractivity contribution in [2.24, 2.45) is 0 Å². The molecule has 1 unspecified atom stereocenters. The molecule has 1 aromatic heterocycles. The van der Waals surface area contributed by atoms with Gasteiger partial charge in [0.05, 0.1) is 19.6 Å². The smallest absolute Gasteiger partial charge is 0.227 e. The highest BCUT2D eigenvalue weighted by Gasteiger charge is 2.29. The number of carbonyl (C=O) groups is 1. The first kappa shape index (κ1) is 15.5. The predicted octanol–water partition coefficient (Wildman–Crippen LogP) is 2.78. The fourth-order valence-corrected chi connectivity index (χ4v) is 3.00. The van der Waals surface area contributed by atoms with Gasteiger partial charge < -0.3 is 9.64 Å². The van der Waals surface area contributed by atoms with Gasteiger partial charge in [0.15, 0.2) is 5.82 Å². The first-order valence-corrected chi connectivity index (χ1v) is 7.97. The number of hydrogen-bond donors (Lipinski definition) is 0. The van der Waals surface area contributed by atoms with Gasteiger partial charge in [-0.2, -0.15) is 0 Å². The molecule has 2 aromatic rings. The molecule has 1 aromatic carbocycles. The monoisotopic (exact) mass is 311 g/mol. The standard InChI is InChI=1S/C18H21N3O2/c1-23-15-8-6-14(7-9-15)13-17(22)21-12-3-2-5-16(21)18-19-10-4-11-20-18/h4,6-11,16H,2-3,5,12-13H2,1H3. The van der Waals surface area contributed by atoms with Gasteiger partial charge in [-0.25, -0.2) is 9.97 Å². The van der Waals surface area contributed by atoms with Gasteiger partial charge in [0.25, 0.3) is 0 Å². The maximum absolute atomic E-state index is 12.7. The van der Waals surface area contributed by atoms with Gasteiger partial charge in [-0.1, -0.05) is 12.1 Å². The third kappa shape index (κ3) is 3.67. The maximum atomic E-state index is 12.7. The van der Waals surface area contributed by atoms with Gasteiger partial charge in [0.2, 0.25) is 5.91 Å². The van der Waals surface area contributed by atoms with E-state index in [0.717, 1.165) is 42.9 Å². The molecule has 120 valence electrons. The molecule has 1 atom stereocenters. The molecular weight excluding hydrogens is 290 g/mol. The van der Waals surface area contributed by atoms with Crippen molar-refractivity contribution >= 4 is 5.91 Å². The van der Waals surface area contributed by atoms with E-state index >= 15 is 0 Å². The Morgan fingerprint density at radius 3 is 2.65 bits per heavy atom. The number of ether oxygens (including phenoxy) is 1. The number of rotatable bonds is 4. The van der Waals surface area contributed by atoms with Gasteiger partial charge in [-0.05, 0) is 43.0 Å². The van der Waals surface area contributed by atoms with Crippen LogP contribution in [0.1, 0.15) is 36.7 Å². The summed E-state index contributed by atoms with van der Waals surface area (Å²) in [4.78, 5) is 23.4. The van der Waals surface area contributed by atoms with Crippen molar-refractivity contribution in [3.63, 3.8) is 0 Å². The van der Waals surface area contributed by atoms with Crippen LogP contribution in [0.3, 0.4) is 0 Å². The Labute approximate surface area is 136 Å². The van der Waals surface area contributed by atoms with E-state index in [9.17, 15) is 4.79 Å². The van der Waals surface area contributed by atoms with Crippen LogP contribution in [0.25, 0.3) is 0 Å². The van der Waals surface area contributed by atoms with Crippen molar-refractivity contribution in [3.8, 4) is 5.75 Å². The van der Waals surface area contributed by atoms with Crippen LogP contribution in [-0.2, 0) is 11.2 Å². The lowest BCUT2D eigenvalue weighted by molar-refractivity contribution is -0.134. The summed E-state index contributed by atoms with van der Waals surface area (Å²) in [6.45, 7) is 0.776. The molecule has 0 N–H and O–H groups in total. The van der Waals surface area contributed by atoms with E-state index in [-0.39, 0.29) is 11.9 Å². The lowest BCUT2D eigenvalue weighted by Gasteiger charge is -2.34. The Bertz CT molecular complexity index is 643. The van der Waals surface area contributed by atoms with Gasteiger partial charge in [-0.15, -0.1) is 0 Å². The second-order valence-corrected chi connectivity index (χ2v) is 5.73. The largest absolute Gasteiger partial charge is 0.497 e. The Morgan fingerprint density at radius 2 is 1.96 bits per heavy atom. The molecule has 23 heavy (non-hydrogen) atoms. The van der Waals surface area contributed by atoms with Crippen molar-refractivity contribution < 1.29 is 9.53 Å². The summed E-state index contributed by atoms with van der Waals surface area (Å²) in [5, 5.41) is 0. The molecule has 3 rings (SSSR count). The Morgan fingerprint density at radius 1 is 1.22 bits per heavy atom. The van der Waals surface area contributed by atoms with Crippen molar-refractivity contribution in [1.29, 1.82) is 0 Å². The van der Waals surface area contributed by atoms with Crippen LogP contribution in [0.5, 0.6) is 5.75 Å². The number of amides is 1. The number of piperidine rings is 1. The summed E-state index contributed by atoms with van der Waals surface area (Å²) >= 11 is 0. The summed E-state index contributed by atoms with van der Waals surface area (Å²) in [6, 6.07) is 9.45. The quantitative estimate of drug-likeness (QED) is 0.871. The molecule has 5 heteroatoms. The van der Waals surface area contributed by atoms with E-state index in [0.29, 0.717) is 6.42 Å². The van der Waals surface area contributed by atoms with E-state index in [2.05, 4.69) is 9.97 Å². The highest BCUT2D eigenvalue weighted by atomic mass is 16.5. The van der Waals surface area contributed by atoms with Crippen molar-refractivity contribution in [2.75, 3.05) is 13.7 Å². The highest BCUT2D eigenvalue weighted by Crippen LogP contribution is 2.29. The van der Waals surface area contributed by atoms with E-state index in [1.807, 2.05) is 29.2 Å². The van der Waals surface area contributed by atoms with Crippen LogP contribution >= 0.6 is 0 Å². The Kier molecular flexibility index (Phi) is 4.86. The van der Waals surface area contributed by atoms with Gasteiger partial charge >= 0.3 is 0 Å². The minimum atomic E-state index is -0.00398. The van der Waals surface area contributed by atoms with Gasteiger partial charge in [0, 0.05) is 18.9 Å². The zero-order valence-electron chi connectivity index (χ0n) is 13.3. The molecule has 0 spiro atoms. The van der Waals surface area contributed by atoms with Crippen molar-refractivity contribution in [3.05, 3.63) is 54.1 Å². The molecular formula is C18H21N3O2. The predicted molar refractivity (Wildman–Crippen MR) is 87.0 cm³/mol. The summed E-state index contributed by atoms with van der Waals surface area (Å²) in [7, 11) is 1.64. The summed E-state index contributed by atoms with van der Waals surface area (Å²) in [5.74, 6) is 1.68. The van der Waals surface area contributed by atoms with Crippen LogP contribution in [0, 0.1) is 0 Å². The normalized spacial score (nSPS) is 17.8. The molecule has 0 saturated carbocycles. The molecule has 1 saturated heterocycles. The minimum absolute atomic E-state index is 0.00398. The average molecular weight is 311 g/mol. The summed E-state index contributed by atoms with van der Waals surface area (Å²) in [6.07, 6.45) is 6.95. The minimum Gasteiger partial charge on any atom is -0.497 e. The molecule has 0 radical (unpaired) electrons. The highest BCUT2D eigenvalue weighted by molar-refractivity contribution is 5.79. The average Bonchev–Trinajstić information content (AvgIpc) is 2.63. The molecule has 1 aliphatic heterocycles. The van der Waals surface area contributed by atoms with Crippen LogP contribution in [-0.4, -0.2) is 34.4 Å². The molecule has 1 aliphatic rings. The maximum Gasteiger partial charge on any atom is 0.227 e. The zero-order valence-corrected chi connectivity index (χ0v) is 13.3. The van der Waals surface area contributed by atoms with Crippen LogP contribution in [0.15, 0.2) is 42.7 Å². The molecule has 0 bridgehead atoms. The fourth-order valence-electron chi connectivity index (χ4n) is 3.00. The summed E-state index contributed by atoms with van der Waals surface area (Å²) in [5.41, 5.74) is 0.995. The first-order valence-electron chi connectivity index (χ1n) is 7.97. The second kappa shape index (κ2) is 7.22. The molecule has 5 nitrogen and oxygen atoms in total. The Hall–Kier alpha value is -2.43. The number of nitrogens with zero attached hydrogens (tertiary/aromatic N) is 3. The third-order valence-electron chi connectivity index (χ3n) is 4.22. The number of hydrogen-bond acceptors (Lipinski definition) is 4. The zero-order chi connectivity index (χ0) is 16.1. The molecule has 1 fully saturated rings. The van der Waals surface area contributed by atoms with Gasteiger partial charge in [0.1, 0.15) is 5.75 Å². The van der Waals surface area contributed by atoms with Crippen LogP contribution in [0.4, 0.5) is 0 Å². The van der Waals surface area contributed by atoms with Gasteiger partial charge in [-0.3, -0.25) is 4.79 Å². The number of benzene rings is 1. The number of likely N-dealkylation sites (tertiary alicyclic amines) is 1. The topological polar surface area (TPSA) is 55.3 Å². The molecule has 1 amide bonds. The van der Waals surface area contributed by atoms with Crippen LogP contribution < -0.4 is 4.74 Å². The van der Waals surface area contributed by atoms with E-state index in [4.69, 9.17) is 4.74 Å². The van der Waals surface area contributed by atoms with E-state index < -0.39 is 0 Å². The van der Waals surface area contributed by atoms with Crippen LogP contribution in [0.2, 0.25) is 0 Å². The Balaban J connectivity index is 1.73. The second-order valence-electron chi connectivity index (χ2n) is 5.73.